The van der Waals surface area contributed by atoms with E-state index in [0.29, 0.717) is 12.1 Å². The van der Waals surface area contributed by atoms with Crippen LogP contribution in [0.1, 0.15) is 28.8 Å². The third-order valence-electron chi connectivity index (χ3n) is 2.50. The van der Waals surface area contributed by atoms with Gasteiger partial charge in [-0.3, -0.25) is 9.48 Å². The standard InChI is InChI=1S/C11H12BrN3OS/c1-3-15-9(11(12)7(2)14-15)4-10(16)8-5-17-6-13-8/h5-6H,3-4H2,1-2H3. The van der Waals surface area contributed by atoms with E-state index in [0.717, 1.165) is 22.4 Å². The zero-order valence-corrected chi connectivity index (χ0v) is 12.0. The van der Waals surface area contributed by atoms with E-state index in [1.807, 2.05) is 18.5 Å². The Morgan fingerprint density at radius 1 is 1.59 bits per heavy atom. The average Bonchev–Trinajstić information content (AvgIpc) is 2.92. The van der Waals surface area contributed by atoms with E-state index in [9.17, 15) is 4.79 Å². The summed E-state index contributed by atoms with van der Waals surface area (Å²) < 4.78 is 2.77. The van der Waals surface area contributed by atoms with Crippen molar-refractivity contribution in [3.05, 3.63) is 32.4 Å². The van der Waals surface area contributed by atoms with Crippen LogP contribution in [0.2, 0.25) is 0 Å². The Kier molecular flexibility index (Phi) is 3.73. The van der Waals surface area contributed by atoms with Gasteiger partial charge in [0.2, 0.25) is 0 Å². The van der Waals surface area contributed by atoms with E-state index < -0.39 is 0 Å². The van der Waals surface area contributed by atoms with Crippen LogP contribution in [0.4, 0.5) is 0 Å². The summed E-state index contributed by atoms with van der Waals surface area (Å²) in [6.45, 7) is 4.69. The molecule has 0 fully saturated rings. The quantitative estimate of drug-likeness (QED) is 0.815. The van der Waals surface area contributed by atoms with E-state index in [1.54, 1.807) is 10.9 Å². The van der Waals surface area contributed by atoms with E-state index >= 15 is 0 Å². The minimum Gasteiger partial charge on any atom is -0.292 e. The molecule has 0 unspecified atom stereocenters. The van der Waals surface area contributed by atoms with Gasteiger partial charge in [0.25, 0.3) is 0 Å². The average molecular weight is 314 g/mol. The van der Waals surface area contributed by atoms with Crippen LogP contribution in [0, 0.1) is 6.92 Å². The molecule has 0 aliphatic heterocycles. The Hall–Kier alpha value is -1.01. The molecule has 0 aromatic carbocycles. The minimum absolute atomic E-state index is 0.0292. The van der Waals surface area contributed by atoms with E-state index in [2.05, 4.69) is 26.0 Å². The lowest BCUT2D eigenvalue weighted by Gasteiger charge is -2.03. The highest BCUT2D eigenvalue weighted by atomic mass is 79.9. The summed E-state index contributed by atoms with van der Waals surface area (Å²) in [5, 5.41) is 6.14. The second-order valence-electron chi connectivity index (χ2n) is 3.64. The van der Waals surface area contributed by atoms with Gasteiger partial charge in [-0.2, -0.15) is 5.10 Å². The van der Waals surface area contributed by atoms with E-state index in [1.165, 1.54) is 11.3 Å². The van der Waals surface area contributed by atoms with Crippen molar-refractivity contribution < 1.29 is 4.79 Å². The summed E-state index contributed by atoms with van der Waals surface area (Å²) >= 11 is 4.91. The Balaban J connectivity index is 2.27. The first-order chi connectivity index (χ1) is 8.13. The molecule has 0 saturated heterocycles. The fourth-order valence-corrected chi connectivity index (χ4v) is 2.61. The molecule has 0 amide bonds. The number of hydrogen-bond acceptors (Lipinski definition) is 4. The first-order valence-electron chi connectivity index (χ1n) is 5.26. The highest BCUT2D eigenvalue weighted by Gasteiger charge is 2.17. The molecule has 2 aromatic rings. The molecule has 0 spiro atoms. The molecule has 0 N–H and O–H groups in total. The van der Waals surface area contributed by atoms with Gasteiger partial charge in [0, 0.05) is 11.9 Å². The van der Waals surface area contributed by atoms with Crippen molar-refractivity contribution in [2.24, 2.45) is 0 Å². The second-order valence-corrected chi connectivity index (χ2v) is 5.15. The largest absolute Gasteiger partial charge is 0.292 e. The maximum absolute atomic E-state index is 12.0. The summed E-state index contributed by atoms with van der Waals surface area (Å²) in [7, 11) is 0. The van der Waals surface area contributed by atoms with Gasteiger partial charge in [0.15, 0.2) is 5.78 Å². The molecule has 0 radical (unpaired) electrons. The molecule has 17 heavy (non-hydrogen) atoms. The van der Waals surface area contributed by atoms with Crippen LogP contribution in [0.3, 0.4) is 0 Å². The first kappa shape index (κ1) is 12.4. The smallest absolute Gasteiger partial charge is 0.187 e. The number of nitrogens with zero attached hydrogens (tertiary/aromatic N) is 3. The summed E-state index contributed by atoms with van der Waals surface area (Å²) in [5.74, 6) is 0.0292. The number of rotatable bonds is 4. The Labute approximate surface area is 112 Å². The number of thiazole rings is 1. The van der Waals surface area contributed by atoms with Crippen molar-refractivity contribution in [2.45, 2.75) is 26.8 Å². The van der Waals surface area contributed by atoms with Crippen LogP contribution in [0.25, 0.3) is 0 Å². The summed E-state index contributed by atoms with van der Waals surface area (Å²) in [5.41, 5.74) is 4.03. The third kappa shape index (κ3) is 2.47. The van der Waals surface area contributed by atoms with Crippen LogP contribution in [-0.2, 0) is 13.0 Å². The number of aryl methyl sites for hydroxylation is 2. The number of carbonyl (C=O) groups is 1. The highest BCUT2D eigenvalue weighted by molar-refractivity contribution is 9.10. The Bertz CT molecular complexity index is 533. The van der Waals surface area contributed by atoms with Crippen molar-refractivity contribution in [1.29, 1.82) is 0 Å². The number of halogens is 1. The van der Waals surface area contributed by atoms with Gasteiger partial charge in [0.1, 0.15) is 5.69 Å². The number of carbonyl (C=O) groups excluding carboxylic acids is 1. The SMILES string of the molecule is CCn1nc(C)c(Br)c1CC(=O)c1cscn1. The highest BCUT2D eigenvalue weighted by Crippen LogP contribution is 2.22. The van der Waals surface area contributed by atoms with Crippen molar-refractivity contribution >= 4 is 33.0 Å². The van der Waals surface area contributed by atoms with Crippen molar-refractivity contribution in [3.63, 3.8) is 0 Å². The van der Waals surface area contributed by atoms with Crippen LogP contribution in [0.5, 0.6) is 0 Å². The maximum atomic E-state index is 12.0. The Morgan fingerprint density at radius 2 is 2.35 bits per heavy atom. The fraction of sp³-hybridized carbons (Fsp3) is 0.364. The van der Waals surface area contributed by atoms with E-state index in [-0.39, 0.29) is 5.78 Å². The van der Waals surface area contributed by atoms with Gasteiger partial charge in [-0.25, -0.2) is 4.98 Å². The molecule has 0 aliphatic rings. The molecule has 0 saturated carbocycles. The number of hydrogen-bond donors (Lipinski definition) is 0. The number of aromatic nitrogens is 3. The zero-order valence-electron chi connectivity index (χ0n) is 9.61. The lowest BCUT2D eigenvalue weighted by Crippen LogP contribution is -2.10. The van der Waals surface area contributed by atoms with Gasteiger partial charge in [-0.1, -0.05) is 0 Å². The fourth-order valence-electron chi connectivity index (χ4n) is 1.63. The summed E-state index contributed by atoms with van der Waals surface area (Å²) in [4.78, 5) is 16.0. The third-order valence-corrected chi connectivity index (χ3v) is 4.12. The van der Waals surface area contributed by atoms with Crippen molar-refractivity contribution in [1.82, 2.24) is 14.8 Å². The van der Waals surface area contributed by atoms with Gasteiger partial charge in [-0.15, -0.1) is 11.3 Å². The molecular formula is C11H12BrN3OS. The zero-order chi connectivity index (χ0) is 12.4. The van der Waals surface area contributed by atoms with Gasteiger partial charge in [0.05, 0.1) is 27.8 Å². The normalized spacial score (nSPS) is 10.8. The molecule has 6 heteroatoms. The van der Waals surface area contributed by atoms with Crippen molar-refractivity contribution in [3.8, 4) is 0 Å². The van der Waals surface area contributed by atoms with Crippen LogP contribution in [0.15, 0.2) is 15.4 Å². The molecular weight excluding hydrogens is 302 g/mol. The molecule has 0 bridgehead atoms. The predicted octanol–water partition coefficient (Wildman–Crippen LogP) is 2.86. The molecule has 4 nitrogen and oxygen atoms in total. The Morgan fingerprint density at radius 3 is 2.94 bits per heavy atom. The second kappa shape index (κ2) is 5.10. The van der Waals surface area contributed by atoms with Gasteiger partial charge >= 0.3 is 0 Å². The minimum atomic E-state index is 0.0292. The summed E-state index contributed by atoms with van der Waals surface area (Å²) in [6, 6.07) is 0. The van der Waals surface area contributed by atoms with Crippen LogP contribution < -0.4 is 0 Å². The van der Waals surface area contributed by atoms with Crippen LogP contribution in [-0.4, -0.2) is 20.5 Å². The van der Waals surface area contributed by atoms with Crippen molar-refractivity contribution in [2.75, 3.05) is 0 Å². The van der Waals surface area contributed by atoms with Gasteiger partial charge < -0.3 is 0 Å². The van der Waals surface area contributed by atoms with Crippen LogP contribution >= 0.6 is 27.3 Å². The molecule has 0 aliphatic carbocycles. The molecule has 2 aromatic heterocycles. The first-order valence-corrected chi connectivity index (χ1v) is 7.00. The number of Topliss-reactive ketones (excluding diaryl/α,β-unsaturated/α-hetero) is 1. The maximum Gasteiger partial charge on any atom is 0.187 e. The lowest BCUT2D eigenvalue weighted by atomic mass is 10.2. The topological polar surface area (TPSA) is 47.8 Å². The summed E-state index contributed by atoms with van der Waals surface area (Å²) in [6.07, 6.45) is 0.332. The number of ketones is 1. The predicted molar refractivity (Wildman–Crippen MR) is 70.5 cm³/mol. The molecule has 2 rings (SSSR count). The molecule has 90 valence electrons. The lowest BCUT2D eigenvalue weighted by molar-refractivity contribution is 0.0986. The monoisotopic (exact) mass is 313 g/mol. The van der Waals surface area contributed by atoms with E-state index in [4.69, 9.17) is 0 Å². The van der Waals surface area contributed by atoms with Gasteiger partial charge in [-0.05, 0) is 29.8 Å². The molecule has 0 atom stereocenters. The molecule has 2 heterocycles.